The fraction of sp³-hybridized carbons (Fsp3) is 0.667. The summed E-state index contributed by atoms with van der Waals surface area (Å²) in [6.45, 7) is 1.71. The molecule has 0 aromatic carbocycles. The first-order valence-corrected chi connectivity index (χ1v) is 3.63. The molecule has 7 heteroatoms. The number of rotatable bonds is 4. The Morgan fingerprint density at radius 2 is 2.23 bits per heavy atom. The molecule has 13 heavy (non-hydrogen) atoms. The van der Waals surface area contributed by atoms with E-state index in [-0.39, 0.29) is 12.6 Å². The molecule has 0 amide bonds. The van der Waals surface area contributed by atoms with Gasteiger partial charge in [-0.1, -0.05) is 5.10 Å². The first-order chi connectivity index (χ1) is 6.09. The van der Waals surface area contributed by atoms with E-state index in [1.807, 2.05) is 0 Å². The van der Waals surface area contributed by atoms with Crippen LogP contribution in [0.5, 0.6) is 0 Å². The molecule has 0 radical (unpaired) electrons. The molecule has 1 unspecified atom stereocenters. The second-order valence-corrected chi connectivity index (χ2v) is 2.48. The molecule has 0 saturated carbocycles. The molecule has 1 aromatic rings. The van der Waals surface area contributed by atoms with Gasteiger partial charge in [-0.25, -0.2) is 0 Å². The van der Waals surface area contributed by atoms with Crippen molar-refractivity contribution in [2.45, 2.75) is 19.5 Å². The highest BCUT2D eigenvalue weighted by Gasteiger charge is 2.15. The molecule has 0 saturated heterocycles. The molecule has 1 heterocycles. The van der Waals surface area contributed by atoms with Gasteiger partial charge in [0.25, 0.3) is 5.89 Å². The fourth-order valence-corrected chi connectivity index (χ4v) is 0.629. The maximum atomic E-state index is 11.9. The third-order valence-corrected chi connectivity index (χ3v) is 1.18. The molecule has 0 bridgehead atoms. The van der Waals surface area contributed by atoms with Crippen molar-refractivity contribution in [3.05, 3.63) is 5.89 Å². The van der Waals surface area contributed by atoms with Crippen LogP contribution in [0.3, 0.4) is 0 Å². The first-order valence-electron chi connectivity index (χ1n) is 3.63. The zero-order valence-electron chi connectivity index (χ0n) is 6.87. The minimum absolute atomic E-state index is 0.115. The molecule has 2 N–H and O–H groups in total. The van der Waals surface area contributed by atoms with Crippen molar-refractivity contribution in [1.29, 1.82) is 0 Å². The Morgan fingerprint density at radius 3 is 2.69 bits per heavy atom. The van der Waals surface area contributed by atoms with Gasteiger partial charge in [0.2, 0.25) is 0 Å². The summed E-state index contributed by atoms with van der Waals surface area (Å²) in [6, 6.07) is -0.115. The summed E-state index contributed by atoms with van der Waals surface area (Å²) in [6.07, 6.45) is -3.38. The number of nitrogens with zero attached hydrogens (tertiary/aromatic N) is 2. The first kappa shape index (κ1) is 9.85. The molecule has 0 aliphatic heterocycles. The predicted molar refractivity (Wildman–Crippen MR) is 39.4 cm³/mol. The van der Waals surface area contributed by atoms with Gasteiger partial charge in [-0.05, 0) is 6.92 Å². The molecule has 1 atom stereocenters. The van der Waals surface area contributed by atoms with Gasteiger partial charge in [-0.2, -0.15) is 8.78 Å². The average Bonchev–Trinajstić information content (AvgIpc) is 2.48. The highest BCUT2D eigenvalue weighted by molar-refractivity contribution is 5.16. The zero-order valence-corrected chi connectivity index (χ0v) is 6.87. The van der Waals surface area contributed by atoms with Crippen LogP contribution in [0.1, 0.15) is 19.2 Å². The average molecular weight is 193 g/mol. The fourth-order valence-electron chi connectivity index (χ4n) is 0.629. The van der Waals surface area contributed by atoms with Gasteiger partial charge in [0.1, 0.15) is 0 Å². The number of hydrogen-bond acceptors (Lipinski definition) is 5. The van der Waals surface area contributed by atoms with Gasteiger partial charge >= 0.3 is 12.4 Å². The van der Waals surface area contributed by atoms with Crippen molar-refractivity contribution in [1.82, 2.24) is 10.2 Å². The highest BCUT2D eigenvalue weighted by atomic mass is 19.3. The molecular weight excluding hydrogens is 184 g/mol. The van der Waals surface area contributed by atoms with Crippen LogP contribution in [0, 0.1) is 0 Å². The lowest BCUT2D eigenvalue weighted by molar-refractivity contribution is 0.116. The van der Waals surface area contributed by atoms with Gasteiger partial charge in [-0.15, -0.1) is 5.10 Å². The van der Waals surface area contributed by atoms with Crippen molar-refractivity contribution < 1.29 is 18.3 Å². The molecule has 0 aliphatic carbocycles. The number of nitrogens with one attached hydrogen (secondary N) is 1. The summed E-state index contributed by atoms with van der Waals surface area (Å²) in [4.78, 5) is 0. The molecule has 0 aliphatic rings. The van der Waals surface area contributed by atoms with Gasteiger partial charge in [0.15, 0.2) is 0 Å². The summed E-state index contributed by atoms with van der Waals surface area (Å²) in [5.74, 6) is -0.729. The van der Waals surface area contributed by atoms with Crippen LogP contribution in [0.4, 0.5) is 14.8 Å². The monoisotopic (exact) mass is 193 g/mol. The summed E-state index contributed by atoms with van der Waals surface area (Å²) in [7, 11) is 0. The Balaban J connectivity index is 2.49. The van der Waals surface area contributed by atoms with E-state index >= 15 is 0 Å². The van der Waals surface area contributed by atoms with E-state index in [9.17, 15) is 8.78 Å². The van der Waals surface area contributed by atoms with E-state index in [2.05, 4.69) is 19.9 Å². The number of halogens is 2. The second kappa shape index (κ2) is 4.13. The van der Waals surface area contributed by atoms with Crippen LogP contribution in [0.2, 0.25) is 0 Å². The van der Waals surface area contributed by atoms with E-state index in [1.54, 1.807) is 0 Å². The smallest absolute Gasteiger partial charge is 0.315 e. The number of hydrogen-bond donors (Lipinski definition) is 2. The van der Waals surface area contributed by atoms with Crippen LogP contribution >= 0.6 is 0 Å². The summed E-state index contributed by atoms with van der Waals surface area (Å²) >= 11 is 0. The lowest BCUT2D eigenvalue weighted by atomic mass is 10.4. The van der Waals surface area contributed by atoms with Gasteiger partial charge in [0.05, 0.1) is 6.10 Å². The lowest BCUT2D eigenvalue weighted by Crippen LogP contribution is -2.15. The van der Waals surface area contributed by atoms with E-state index in [0.717, 1.165) is 0 Å². The van der Waals surface area contributed by atoms with Crippen LogP contribution in [-0.4, -0.2) is 28.0 Å². The summed E-state index contributed by atoms with van der Waals surface area (Å²) in [5.41, 5.74) is 0. The SMILES string of the molecule is CC(O)CNc1nnc(C(F)F)o1. The topological polar surface area (TPSA) is 71.2 Å². The maximum absolute atomic E-state index is 11.9. The van der Waals surface area contributed by atoms with E-state index < -0.39 is 18.4 Å². The van der Waals surface area contributed by atoms with Gasteiger partial charge < -0.3 is 14.8 Å². The van der Waals surface area contributed by atoms with Crippen molar-refractivity contribution in [3.63, 3.8) is 0 Å². The summed E-state index contributed by atoms with van der Waals surface area (Å²) < 4.78 is 28.3. The Bertz CT molecular complexity index is 264. The van der Waals surface area contributed by atoms with Crippen molar-refractivity contribution in [2.24, 2.45) is 0 Å². The number of aliphatic hydroxyl groups is 1. The minimum Gasteiger partial charge on any atom is -0.402 e. The molecule has 5 nitrogen and oxygen atoms in total. The maximum Gasteiger partial charge on any atom is 0.315 e. The molecule has 1 aromatic heterocycles. The van der Waals surface area contributed by atoms with Gasteiger partial charge in [0, 0.05) is 6.54 Å². The van der Waals surface area contributed by atoms with Crippen molar-refractivity contribution >= 4 is 6.01 Å². The standard InChI is InChI=1S/C6H9F2N3O2/c1-3(12)2-9-6-11-10-5(13-6)4(7)8/h3-4,12H,2H2,1H3,(H,9,11). The number of aromatic nitrogens is 2. The molecule has 74 valence electrons. The normalized spacial score (nSPS) is 13.3. The second-order valence-electron chi connectivity index (χ2n) is 2.48. The van der Waals surface area contributed by atoms with E-state index in [0.29, 0.717) is 0 Å². The largest absolute Gasteiger partial charge is 0.402 e. The van der Waals surface area contributed by atoms with Crippen LogP contribution in [-0.2, 0) is 0 Å². The molecular formula is C6H9F2N3O2. The van der Waals surface area contributed by atoms with Crippen molar-refractivity contribution in [3.8, 4) is 0 Å². The molecule has 0 fully saturated rings. The van der Waals surface area contributed by atoms with Crippen LogP contribution in [0.15, 0.2) is 4.42 Å². The predicted octanol–water partition coefficient (Wildman–Crippen LogP) is 0.800. The minimum atomic E-state index is -2.77. The Kier molecular flexibility index (Phi) is 3.13. The summed E-state index contributed by atoms with van der Waals surface area (Å²) in [5, 5.41) is 17.7. The quantitative estimate of drug-likeness (QED) is 0.740. The lowest BCUT2D eigenvalue weighted by Gasteiger charge is -2.02. The van der Waals surface area contributed by atoms with Crippen LogP contribution in [0.25, 0.3) is 0 Å². The van der Waals surface area contributed by atoms with Crippen molar-refractivity contribution in [2.75, 3.05) is 11.9 Å². The number of anilines is 1. The van der Waals surface area contributed by atoms with E-state index in [4.69, 9.17) is 5.11 Å². The third-order valence-electron chi connectivity index (χ3n) is 1.18. The zero-order chi connectivity index (χ0) is 9.84. The highest BCUT2D eigenvalue weighted by Crippen LogP contribution is 2.18. The molecule has 1 rings (SSSR count). The Morgan fingerprint density at radius 1 is 1.54 bits per heavy atom. The Hall–Kier alpha value is -1.24. The number of aliphatic hydroxyl groups excluding tert-OH is 1. The third kappa shape index (κ3) is 2.94. The van der Waals surface area contributed by atoms with Crippen LogP contribution < -0.4 is 5.32 Å². The molecule has 0 spiro atoms. The van der Waals surface area contributed by atoms with Gasteiger partial charge in [-0.3, -0.25) is 0 Å². The van der Waals surface area contributed by atoms with E-state index in [1.165, 1.54) is 6.92 Å². The number of alkyl halides is 2. The Labute approximate surface area is 72.8 Å².